The van der Waals surface area contributed by atoms with Crippen LogP contribution in [0.25, 0.3) is 0 Å². The Bertz CT molecular complexity index is 597. The molecule has 0 saturated heterocycles. The lowest BCUT2D eigenvalue weighted by molar-refractivity contribution is 0.251. The Morgan fingerprint density at radius 3 is 2.86 bits per heavy atom. The fourth-order valence-electron chi connectivity index (χ4n) is 2.73. The predicted molar refractivity (Wildman–Crippen MR) is 83.7 cm³/mol. The van der Waals surface area contributed by atoms with Crippen LogP contribution in [-0.2, 0) is 6.54 Å². The van der Waals surface area contributed by atoms with E-state index in [0.29, 0.717) is 12.6 Å². The van der Waals surface area contributed by atoms with E-state index in [1.165, 1.54) is 11.1 Å². The van der Waals surface area contributed by atoms with Crippen LogP contribution in [-0.4, -0.2) is 13.2 Å². The summed E-state index contributed by atoms with van der Waals surface area (Å²) in [6.45, 7) is 4.27. The van der Waals surface area contributed by atoms with Gasteiger partial charge in [0.1, 0.15) is 11.5 Å². The Kier molecular flexibility index (Phi) is 4.41. The smallest absolute Gasteiger partial charge is 0.124 e. The van der Waals surface area contributed by atoms with Gasteiger partial charge in [-0.15, -0.1) is 0 Å². The van der Waals surface area contributed by atoms with E-state index in [1.807, 2.05) is 31.2 Å². The lowest BCUT2D eigenvalue weighted by atomic mass is 10.0. The van der Waals surface area contributed by atoms with E-state index in [9.17, 15) is 0 Å². The molecule has 3 nitrogen and oxygen atoms in total. The lowest BCUT2D eigenvalue weighted by Crippen LogP contribution is -2.26. The zero-order valence-corrected chi connectivity index (χ0v) is 12.3. The topological polar surface area (TPSA) is 30.5 Å². The van der Waals surface area contributed by atoms with Crippen molar-refractivity contribution in [3.63, 3.8) is 0 Å². The van der Waals surface area contributed by atoms with Crippen molar-refractivity contribution in [1.29, 1.82) is 0 Å². The minimum absolute atomic E-state index is 0.338. The molecular formula is C18H21NO2. The predicted octanol–water partition coefficient (Wildman–Crippen LogP) is 3.70. The highest BCUT2D eigenvalue weighted by Gasteiger charge is 2.20. The molecule has 1 aliphatic rings. The first-order valence-corrected chi connectivity index (χ1v) is 7.54. The molecule has 0 radical (unpaired) electrons. The van der Waals surface area contributed by atoms with Crippen LogP contribution in [0, 0.1) is 0 Å². The first-order chi connectivity index (χ1) is 10.4. The molecule has 0 aliphatic carbocycles. The third kappa shape index (κ3) is 3.19. The molecule has 110 valence electrons. The van der Waals surface area contributed by atoms with Crippen LogP contribution in [0.1, 0.15) is 30.5 Å². The Morgan fingerprint density at radius 1 is 1.14 bits per heavy atom. The highest BCUT2D eigenvalue weighted by atomic mass is 16.5. The van der Waals surface area contributed by atoms with Crippen LogP contribution >= 0.6 is 0 Å². The molecule has 0 saturated carbocycles. The summed E-state index contributed by atoms with van der Waals surface area (Å²) in [6.07, 6.45) is 0.994. The zero-order chi connectivity index (χ0) is 14.5. The van der Waals surface area contributed by atoms with Gasteiger partial charge in [0.05, 0.1) is 13.2 Å². The zero-order valence-electron chi connectivity index (χ0n) is 12.3. The minimum Gasteiger partial charge on any atom is -0.494 e. The van der Waals surface area contributed by atoms with E-state index >= 15 is 0 Å². The third-order valence-electron chi connectivity index (χ3n) is 3.77. The fraction of sp³-hybridized carbons (Fsp3) is 0.333. The third-order valence-corrected chi connectivity index (χ3v) is 3.77. The Labute approximate surface area is 125 Å². The molecule has 0 fully saturated rings. The summed E-state index contributed by atoms with van der Waals surface area (Å²) in [7, 11) is 0. The van der Waals surface area contributed by atoms with Gasteiger partial charge in [0, 0.05) is 30.1 Å². The van der Waals surface area contributed by atoms with E-state index in [4.69, 9.17) is 9.47 Å². The van der Waals surface area contributed by atoms with Crippen molar-refractivity contribution in [2.45, 2.75) is 25.9 Å². The summed E-state index contributed by atoms with van der Waals surface area (Å²) in [6, 6.07) is 16.8. The van der Waals surface area contributed by atoms with Crippen LogP contribution in [0.3, 0.4) is 0 Å². The van der Waals surface area contributed by atoms with Crippen LogP contribution in [0.5, 0.6) is 11.5 Å². The summed E-state index contributed by atoms with van der Waals surface area (Å²) in [5, 5.41) is 3.63. The SMILES string of the molecule is CCOc1ccccc1CNC1CCOc2ccccc21. The van der Waals surface area contributed by atoms with E-state index in [2.05, 4.69) is 29.6 Å². The van der Waals surface area contributed by atoms with Crippen LogP contribution in [0.15, 0.2) is 48.5 Å². The Hall–Kier alpha value is -2.00. The molecule has 0 bridgehead atoms. The lowest BCUT2D eigenvalue weighted by Gasteiger charge is -2.27. The van der Waals surface area contributed by atoms with Crippen molar-refractivity contribution in [3.05, 3.63) is 59.7 Å². The molecule has 0 spiro atoms. The summed E-state index contributed by atoms with van der Waals surface area (Å²) < 4.78 is 11.4. The van der Waals surface area contributed by atoms with Gasteiger partial charge in [-0.2, -0.15) is 0 Å². The van der Waals surface area contributed by atoms with Crippen LogP contribution < -0.4 is 14.8 Å². The van der Waals surface area contributed by atoms with E-state index in [0.717, 1.165) is 31.1 Å². The average Bonchev–Trinajstić information content (AvgIpc) is 2.54. The molecule has 1 aliphatic heterocycles. The summed E-state index contributed by atoms with van der Waals surface area (Å²) >= 11 is 0. The fourth-order valence-corrected chi connectivity index (χ4v) is 2.73. The molecular weight excluding hydrogens is 262 g/mol. The Balaban J connectivity index is 1.72. The van der Waals surface area contributed by atoms with Gasteiger partial charge in [-0.3, -0.25) is 0 Å². The van der Waals surface area contributed by atoms with Crippen molar-refractivity contribution in [2.24, 2.45) is 0 Å². The van der Waals surface area contributed by atoms with Gasteiger partial charge < -0.3 is 14.8 Å². The highest BCUT2D eigenvalue weighted by molar-refractivity contribution is 5.38. The molecule has 1 N–H and O–H groups in total. The van der Waals surface area contributed by atoms with Gasteiger partial charge in [0.15, 0.2) is 0 Å². The Morgan fingerprint density at radius 2 is 1.95 bits per heavy atom. The summed E-state index contributed by atoms with van der Waals surface area (Å²) in [5.74, 6) is 1.96. The van der Waals surface area contributed by atoms with Gasteiger partial charge in [0.2, 0.25) is 0 Å². The summed E-state index contributed by atoms with van der Waals surface area (Å²) in [4.78, 5) is 0. The molecule has 2 aromatic carbocycles. The van der Waals surface area contributed by atoms with Crippen LogP contribution in [0.4, 0.5) is 0 Å². The molecule has 21 heavy (non-hydrogen) atoms. The van der Waals surface area contributed by atoms with Gasteiger partial charge >= 0.3 is 0 Å². The van der Waals surface area contributed by atoms with Gasteiger partial charge in [-0.25, -0.2) is 0 Å². The number of benzene rings is 2. The maximum atomic E-state index is 5.70. The van der Waals surface area contributed by atoms with Gasteiger partial charge in [0.25, 0.3) is 0 Å². The molecule has 1 atom stereocenters. The number of fused-ring (bicyclic) bond motifs is 1. The highest BCUT2D eigenvalue weighted by Crippen LogP contribution is 2.32. The first kappa shape index (κ1) is 14.0. The maximum Gasteiger partial charge on any atom is 0.124 e. The number of rotatable bonds is 5. The quantitative estimate of drug-likeness (QED) is 0.907. The number of nitrogens with one attached hydrogen (secondary N) is 1. The van der Waals surface area contributed by atoms with Crippen molar-refractivity contribution in [2.75, 3.05) is 13.2 Å². The molecule has 0 aromatic heterocycles. The number of hydrogen-bond acceptors (Lipinski definition) is 3. The number of para-hydroxylation sites is 2. The minimum atomic E-state index is 0.338. The van der Waals surface area contributed by atoms with Gasteiger partial charge in [-0.1, -0.05) is 36.4 Å². The first-order valence-electron chi connectivity index (χ1n) is 7.54. The van der Waals surface area contributed by atoms with Crippen molar-refractivity contribution in [3.8, 4) is 11.5 Å². The molecule has 3 rings (SSSR count). The maximum absolute atomic E-state index is 5.70. The monoisotopic (exact) mass is 283 g/mol. The molecule has 3 heteroatoms. The molecule has 0 amide bonds. The summed E-state index contributed by atoms with van der Waals surface area (Å²) in [5.41, 5.74) is 2.45. The van der Waals surface area contributed by atoms with Gasteiger partial charge in [-0.05, 0) is 19.1 Å². The molecule has 2 aromatic rings. The average molecular weight is 283 g/mol. The van der Waals surface area contributed by atoms with E-state index in [-0.39, 0.29) is 0 Å². The van der Waals surface area contributed by atoms with Crippen molar-refractivity contribution >= 4 is 0 Å². The number of hydrogen-bond donors (Lipinski definition) is 1. The van der Waals surface area contributed by atoms with Crippen molar-refractivity contribution in [1.82, 2.24) is 5.32 Å². The molecule has 1 heterocycles. The largest absolute Gasteiger partial charge is 0.494 e. The second kappa shape index (κ2) is 6.64. The standard InChI is InChI=1S/C18H21NO2/c1-2-20-17-9-5-3-7-14(17)13-19-16-11-12-21-18-10-6-4-8-15(16)18/h3-10,16,19H,2,11-13H2,1H3. The van der Waals surface area contributed by atoms with E-state index < -0.39 is 0 Å². The second-order valence-electron chi connectivity index (χ2n) is 5.15. The van der Waals surface area contributed by atoms with Crippen LogP contribution in [0.2, 0.25) is 0 Å². The van der Waals surface area contributed by atoms with Crippen molar-refractivity contribution < 1.29 is 9.47 Å². The normalized spacial score (nSPS) is 16.9. The van der Waals surface area contributed by atoms with E-state index in [1.54, 1.807) is 0 Å². The second-order valence-corrected chi connectivity index (χ2v) is 5.15. The number of ether oxygens (including phenoxy) is 2. The molecule has 1 unspecified atom stereocenters.